The SMILES string of the molecule is [B]C([B])([B])C([B])(C([B])([B])O)S(=O)(=O)c1ccc(Br)cc1. The maximum atomic E-state index is 12.6. The highest BCUT2D eigenvalue weighted by atomic mass is 79.9. The Kier molecular flexibility index (Phi) is 4.81. The second-order valence-electron chi connectivity index (χ2n) is 4.45. The minimum Gasteiger partial charge on any atom is -0.408 e. The molecule has 0 spiro atoms. The predicted octanol–water partition coefficient (Wildman–Crippen LogP) is -1.35. The highest BCUT2D eigenvalue weighted by Crippen LogP contribution is 2.43. The maximum Gasteiger partial charge on any atom is 0.175 e. The van der Waals surface area contributed by atoms with E-state index in [0.29, 0.717) is 4.47 Å². The van der Waals surface area contributed by atoms with E-state index in [-0.39, 0.29) is 4.90 Å². The van der Waals surface area contributed by atoms with Crippen LogP contribution in [-0.4, -0.2) is 70.6 Å². The first-order chi connectivity index (χ1) is 8.75. The summed E-state index contributed by atoms with van der Waals surface area (Å²) in [6.07, 6.45) is 0. The van der Waals surface area contributed by atoms with Gasteiger partial charge in [0.2, 0.25) is 0 Å². The molecule has 11 heteroatoms. The molecule has 0 bridgehead atoms. The molecule has 0 aliphatic heterocycles. The molecule has 0 aliphatic rings. The van der Waals surface area contributed by atoms with Crippen LogP contribution >= 0.6 is 15.9 Å². The quantitative estimate of drug-likeness (QED) is 0.691. The third-order valence-corrected chi connectivity index (χ3v) is 5.74. The molecule has 0 heterocycles. The summed E-state index contributed by atoms with van der Waals surface area (Å²) in [7, 11) is 27.7. The standard InChI is InChI=1S/C9H5B6BrO3S/c10-7(8(11,12)13,9(14,15)17)20(18,19)6-3-1-5(16)2-4-6/h1-4,17H. The third kappa shape index (κ3) is 2.81. The summed E-state index contributed by atoms with van der Waals surface area (Å²) >= 11 is 3.14. The normalized spacial score (nSPS) is 16.5. The summed E-state index contributed by atoms with van der Waals surface area (Å²) in [5, 5.41) is 4.15. The fourth-order valence-corrected chi connectivity index (χ4v) is 3.62. The molecule has 0 fully saturated rings. The van der Waals surface area contributed by atoms with Gasteiger partial charge in [0.25, 0.3) is 0 Å². The molecule has 1 atom stereocenters. The number of sulfone groups is 1. The Balaban J connectivity index is 3.61. The summed E-state index contributed by atoms with van der Waals surface area (Å²) in [5.74, 6) is 0. The number of benzene rings is 1. The van der Waals surface area contributed by atoms with Crippen molar-refractivity contribution in [2.45, 2.75) is 20.1 Å². The number of hydrogen-bond acceptors (Lipinski definition) is 3. The van der Waals surface area contributed by atoms with Gasteiger partial charge in [0.15, 0.2) is 9.84 Å². The van der Waals surface area contributed by atoms with Crippen LogP contribution < -0.4 is 0 Å². The summed E-state index contributed by atoms with van der Waals surface area (Å²) in [5.41, 5.74) is 0. The largest absolute Gasteiger partial charge is 0.408 e. The van der Waals surface area contributed by atoms with Crippen LogP contribution in [-0.2, 0) is 9.84 Å². The highest BCUT2D eigenvalue weighted by Gasteiger charge is 2.55. The predicted molar refractivity (Wildman–Crippen MR) is 86.2 cm³/mol. The minimum absolute atomic E-state index is 0.303. The van der Waals surface area contributed by atoms with Gasteiger partial charge in [0.05, 0.1) is 52.0 Å². The first kappa shape index (κ1) is 18.0. The number of halogens is 1. The molecule has 0 saturated carbocycles. The Morgan fingerprint density at radius 3 is 1.65 bits per heavy atom. The topological polar surface area (TPSA) is 54.4 Å². The zero-order valence-corrected chi connectivity index (χ0v) is 12.7. The van der Waals surface area contributed by atoms with Crippen LogP contribution in [0.15, 0.2) is 33.6 Å². The Bertz CT molecular complexity index is 576. The molecular weight excluding hydrogens is 333 g/mol. The highest BCUT2D eigenvalue weighted by molar-refractivity contribution is 9.10. The van der Waals surface area contributed by atoms with Crippen molar-refractivity contribution in [1.82, 2.24) is 0 Å². The van der Waals surface area contributed by atoms with Crippen molar-refractivity contribution in [2.75, 3.05) is 0 Å². The molecule has 1 aromatic rings. The third-order valence-electron chi connectivity index (χ3n) is 2.79. The zero-order chi connectivity index (χ0) is 16.0. The molecule has 1 unspecified atom stereocenters. The molecule has 3 nitrogen and oxygen atoms in total. The van der Waals surface area contributed by atoms with Crippen LogP contribution in [0.25, 0.3) is 0 Å². The van der Waals surface area contributed by atoms with E-state index >= 15 is 0 Å². The van der Waals surface area contributed by atoms with Crippen molar-refractivity contribution in [1.29, 1.82) is 0 Å². The number of hydrogen-bond donors (Lipinski definition) is 1. The Morgan fingerprint density at radius 2 is 1.35 bits per heavy atom. The van der Waals surface area contributed by atoms with Gasteiger partial charge in [0.1, 0.15) is 0 Å². The van der Waals surface area contributed by atoms with E-state index in [0.717, 1.165) is 0 Å². The van der Waals surface area contributed by atoms with Gasteiger partial charge >= 0.3 is 0 Å². The average molecular weight is 338 g/mol. The van der Waals surface area contributed by atoms with Crippen molar-refractivity contribution in [3.8, 4) is 0 Å². The van der Waals surface area contributed by atoms with E-state index in [9.17, 15) is 13.5 Å². The summed E-state index contributed by atoms with van der Waals surface area (Å²) in [6.45, 7) is 0. The van der Waals surface area contributed by atoms with Gasteiger partial charge in [-0.25, -0.2) is 8.42 Å². The van der Waals surface area contributed by atoms with Crippen molar-refractivity contribution in [3.05, 3.63) is 28.7 Å². The van der Waals surface area contributed by atoms with Gasteiger partial charge < -0.3 is 5.11 Å². The smallest absolute Gasteiger partial charge is 0.175 e. The van der Waals surface area contributed by atoms with Gasteiger partial charge in [-0.2, -0.15) is 0 Å². The summed E-state index contributed by atoms with van der Waals surface area (Å²) in [4.78, 5) is -0.303. The zero-order valence-electron chi connectivity index (χ0n) is 10.3. The van der Waals surface area contributed by atoms with Crippen molar-refractivity contribution >= 4 is 72.8 Å². The monoisotopic (exact) mass is 338 g/mol. The first-order valence-electron chi connectivity index (χ1n) is 5.21. The molecule has 1 N–H and O–H groups in total. The Labute approximate surface area is 135 Å². The van der Waals surface area contributed by atoms with E-state index in [1.165, 1.54) is 24.3 Å². The van der Waals surface area contributed by atoms with Crippen molar-refractivity contribution < 1.29 is 13.5 Å². The van der Waals surface area contributed by atoms with Gasteiger partial charge in [-0.1, -0.05) is 15.9 Å². The van der Waals surface area contributed by atoms with E-state index in [2.05, 4.69) is 15.9 Å². The number of rotatable bonds is 4. The van der Waals surface area contributed by atoms with Gasteiger partial charge in [0, 0.05) is 9.12 Å². The van der Waals surface area contributed by atoms with Crippen LogP contribution in [0.1, 0.15) is 0 Å². The second-order valence-corrected chi connectivity index (χ2v) is 7.49. The van der Waals surface area contributed by atoms with Crippen LogP contribution in [0, 0.1) is 0 Å². The van der Waals surface area contributed by atoms with Crippen LogP contribution in [0.3, 0.4) is 0 Å². The molecule has 1 aromatic carbocycles. The molecule has 12 radical (unpaired) electrons. The van der Waals surface area contributed by atoms with Crippen LogP contribution in [0.2, 0.25) is 5.11 Å². The lowest BCUT2D eigenvalue weighted by molar-refractivity contribution is 0.191. The maximum absolute atomic E-state index is 12.6. The average Bonchev–Trinajstić information content (AvgIpc) is 2.25. The molecule has 0 aliphatic carbocycles. The lowest BCUT2D eigenvalue weighted by Gasteiger charge is -2.52. The molecular formula is C9H5B6BrO3S. The van der Waals surface area contributed by atoms with Crippen molar-refractivity contribution in [3.63, 3.8) is 0 Å². The van der Waals surface area contributed by atoms with Crippen LogP contribution in [0.4, 0.5) is 0 Å². The second kappa shape index (κ2) is 5.33. The lowest BCUT2D eigenvalue weighted by atomic mass is 9.27. The van der Waals surface area contributed by atoms with E-state index in [1.807, 2.05) is 0 Å². The minimum atomic E-state index is -4.55. The van der Waals surface area contributed by atoms with Crippen molar-refractivity contribution in [2.24, 2.45) is 0 Å². The van der Waals surface area contributed by atoms with Gasteiger partial charge in [-0.05, 0) is 29.7 Å². The van der Waals surface area contributed by atoms with Gasteiger partial charge in [-0.3, -0.25) is 0 Å². The molecule has 20 heavy (non-hydrogen) atoms. The molecule has 1 rings (SSSR count). The first-order valence-corrected chi connectivity index (χ1v) is 7.48. The van der Waals surface area contributed by atoms with E-state index in [4.69, 9.17) is 47.1 Å². The van der Waals surface area contributed by atoms with Crippen LogP contribution in [0.5, 0.6) is 0 Å². The fourth-order valence-electron chi connectivity index (χ4n) is 1.59. The summed E-state index contributed by atoms with van der Waals surface area (Å²) in [6, 6.07) is 5.28. The fraction of sp³-hybridized carbons (Fsp3) is 0.333. The van der Waals surface area contributed by atoms with Gasteiger partial charge in [-0.15, -0.1) is 5.11 Å². The number of aliphatic hydroxyl groups is 1. The lowest BCUT2D eigenvalue weighted by Crippen LogP contribution is -2.67. The Morgan fingerprint density at radius 1 is 0.950 bits per heavy atom. The summed E-state index contributed by atoms with van der Waals surface area (Å²) < 4.78 is 22.8. The molecule has 0 aromatic heterocycles. The van der Waals surface area contributed by atoms with E-state index in [1.54, 1.807) is 0 Å². The Hall–Kier alpha value is -0.000390. The molecule has 0 saturated heterocycles. The van der Waals surface area contributed by atoms with E-state index < -0.39 is 25.0 Å². The molecule has 90 valence electrons. The molecule has 0 amide bonds.